The van der Waals surface area contributed by atoms with Gasteiger partial charge in [-0.05, 0) is 25.0 Å². The number of fused-ring (bicyclic) bond motifs is 3. The fourth-order valence-corrected chi connectivity index (χ4v) is 4.25. The van der Waals surface area contributed by atoms with Crippen molar-refractivity contribution in [3.8, 4) is 5.75 Å². The number of aromatic nitrogens is 2. The van der Waals surface area contributed by atoms with Crippen LogP contribution in [0.15, 0.2) is 24.4 Å². The normalized spacial score (nSPS) is 16.6. The highest BCUT2D eigenvalue weighted by Crippen LogP contribution is 2.39. The Morgan fingerprint density at radius 2 is 1.83 bits per heavy atom. The number of alkyl halides is 3. The Morgan fingerprint density at radius 3 is 2.47 bits per heavy atom. The largest absolute Gasteiger partial charge is 0.494 e. The van der Waals surface area contributed by atoms with Gasteiger partial charge in [-0.1, -0.05) is 0 Å². The highest BCUT2D eigenvalue weighted by molar-refractivity contribution is 6.09. The molecular formula is C21H23F4N3O2. The smallest absolute Gasteiger partial charge is 0.435 e. The topological polar surface area (TPSA) is 39.5 Å². The molecule has 162 valence electrons. The Morgan fingerprint density at radius 1 is 1.10 bits per heavy atom. The minimum Gasteiger partial charge on any atom is -0.494 e. The van der Waals surface area contributed by atoms with Crippen molar-refractivity contribution in [2.45, 2.75) is 31.7 Å². The molecule has 0 saturated carbocycles. The van der Waals surface area contributed by atoms with Crippen LogP contribution in [0.1, 0.15) is 18.5 Å². The van der Waals surface area contributed by atoms with Gasteiger partial charge in [-0.15, -0.1) is 0 Å². The molecule has 0 unspecified atom stereocenters. The minimum atomic E-state index is -4.62. The summed E-state index contributed by atoms with van der Waals surface area (Å²) in [6, 6.07) is 4.19. The highest BCUT2D eigenvalue weighted by atomic mass is 19.4. The minimum absolute atomic E-state index is 0.00557. The van der Waals surface area contributed by atoms with Gasteiger partial charge in [0.05, 0.1) is 24.2 Å². The zero-order valence-corrected chi connectivity index (χ0v) is 16.8. The number of rotatable bonds is 5. The SMILES string of the molecule is COc1cc2c(cc1F)c1ccnc(C(F)(F)F)c1n2CCN1CCC(OC)CC1. The number of hydrogen-bond donors (Lipinski definition) is 0. The van der Waals surface area contributed by atoms with Crippen LogP contribution in [0.5, 0.6) is 5.75 Å². The van der Waals surface area contributed by atoms with E-state index >= 15 is 0 Å². The van der Waals surface area contributed by atoms with Crippen molar-refractivity contribution in [2.24, 2.45) is 0 Å². The summed E-state index contributed by atoms with van der Waals surface area (Å²) in [7, 11) is 3.02. The van der Waals surface area contributed by atoms with Gasteiger partial charge in [0.15, 0.2) is 17.3 Å². The van der Waals surface area contributed by atoms with E-state index < -0.39 is 17.7 Å². The van der Waals surface area contributed by atoms with E-state index in [-0.39, 0.29) is 17.4 Å². The molecule has 3 heterocycles. The summed E-state index contributed by atoms with van der Waals surface area (Å²) in [6.45, 7) is 2.53. The summed E-state index contributed by atoms with van der Waals surface area (Å²) < 4.78 is 67.6. The quantitative estimate of drug-likeness (QED) is 0.566. The second-order valence-corrected chi connectivity index (χ2v) is 7.49. The second-order valence-electron chi connectivity index (χ2n) is 7.49. The first-order valence-electron chi connectivity index (χ1n) is 9.80. The summed E-state index contributed by atoms with van der Waals surface area (Å²) >= 11 is 0. The van der Waals surface area contributed by atoms with Crippen LogP contribution in [0, 0.1) is 5.82 Å². The average molecular weight is 425 g/mol. The molecular weight excluding hydrogens is 402 g/mol. The molecule has 0 N–H and O–H groups in total. The molecule has 5 nitrogen and oxygen atoms in total. The number of nitrogens with zero attached hydrogens (tertiary/aromatic N) is 3. The Bertz CT molecular complexity index is 1060. The van der Waals surface area contributed by atoms with Gasteiger partial charge in [-0.3, -0.25) is 0 Å². The predicted molar refractivity (Wildman–Crippen MR) is 105 cm³/mol. The van der Waals surface area contributed by atoms with Gasteiger partial charge >= 0.3 is 6.18 Å². The summed E-state index contributed by atoms with van der Waals surface area (Å²) in [4.78, 5) is 5.82. The second kappa shape index (κ2) is 8.03. The lowest BCUT2D eigenvalue weighted by Crippen LogP contribution is -2.38. The molecule has 30 heavy (non-hydrogen) atoms. The third-order valence-corrected chi connectivity index (χ3v) is 5.82. The Balaban J connectivity index is 1.80. The van der Waals surface area contributed by atoms with Crippen molar-refractivity contribution < 1.29 is 27.0 Å². The van der Waals surface area contributed by atoms with Crippen LogP contribution in [0.4, 0.5) is 17.6 Å². The maximum atomic E-state index is 14.3. The van der Waals surface area contributed by atoms with Crippen LogP contribution in [-0.2, 0) is 17.5 Å². The van der Waals surface area contributed by atoms with Gasteiger partial charge < -0.3 is 18.9 Å². The number of methoxy groups -OCH3 is 2. The lowest BCUT2D eigenvalue weighted by molar-refractivity contribution is -0.140. The van der Waals surface area contributed by atoms with Crippen LogP contribution in [0.2, 0.25) is 0 Å². The van der Waals surface area contributed by atoms with Gasteiger partial charge in [0.25, 0.3) is 0 Å². The highest BCUT2D eigenvalue weighted by Gasteiger charge is 2.36. The molecule has 0 bridgehead atoms. The van der Waals surface area contributed by atoms with Crippen LogP contribution in [-0.4, -0.2) is 54.4 Å². The van der Waals surface area contributed by atoms with E-state index in [1.807, 2.05) is 0 Å². The third-order valence-electron chi connectivity index (χ3n) is 5.82. The number of hydrogen-bond acceptors (Lipinski definition) is 4. The zero-order chi connectivity index (χ0) is 21.5. The molecule has 0 atom stereocenters. The van der Waals surface area contributed by atoms with E-state index in [2.05, 4.69) is 9.88 Å². The van der Waals surface area contributed by atoms with Crippen molar-refractivity contribution in [3.05, 3.63) is 35.9 Å². The molecule has 0 spiro atoms. The molecule has 1 aromatic carbocycles. The number of likely N-dealkylation sites (tertiary alicyclic amines) is 1. The molecule has 1 aliphatic rings. The fourth-order valence-electron chi connectivity index (χ4n) is 4.25. The number of halogens is 4. The lowest BCUT2D eigenvalue weighted by Gasteiger charge is -2.31. The first-order chi connectivity index (χ1) is 14.3. The molecule has 1 aliphatic heterocycles. The Kier molecular flexibility index (Phi) is 5.59. The Labute approximate surface area is 171 Å². The van der Waals surface area contributed by atoms with Gasteiger partial charge in [-0.25, -0.2) is 9.37 Å². The summed E-state index contributed by atoms with van der Waals surface area (Å²) in [5.74, 6) is -0.620. The van der Waals surface area contributed by atoms with Crippen molar-refractivity contribution >= 4 is 21.8 Å². The van der Waals surface area contributed by atoms with Crippen LogP contribution < -0.4 is 4.74 Å². The molecule has 9 heteroatoms. The van der Waals surface area contributed by atoms with Crippen LogP contribution in [0.3, 0.4) is 0 Å². The van der Waals surface area contributed by atoms with E-state index in [0.717, 1.165) is 32.1 Å². The molecule has 0 amide bonds. The van der Waals surface area contributed by atoms with E-state index in [0.29, 0.717) is 29.4 Å². The summed E-state index contributed by atoms with van der Waals surface area (Å²) in [5.41, 5.74) is -0.498. The standard InChI is InChI=1S/C21H23F4N3O2/c1-29-13-4-7-27(8-5-13)9-10-28-17-12-18(30-2)16(22)11-15(17)14-3-6-26-20(19(14)28)21(23,24)25/h3,6,11-13H,4-5,7-10H2,1-2H3. The average Bonchev–Trinajstić information content (AvgIpc) is 3.03. The maximum absolute atomic E-state index is 14.3. The summed E-state index contributed by atoms with van der Waals surface area (Å²) in [5, 5.41) is 0.737. The van der Waals surface area contributed by atoms with Crippen molar-refractivity contribution in [1.82, 2.24) is 14.5 Å². The summed E-state index contributed by atoms with van der Waals surface area (Å²) in [6.07, 6.45) is -1.50. The molecule has 4 rings (SSSR count). The third kappa shape index (κ3) is 3.72. The monoisotopic (exact) mass is 425 g/mol. The Hall–Kier alpha value is -2.39. The molecule has 3 aromatic rings. The van der Waals surface area contributed by atoms with E-state index in [1.54, 1.807) is 11.7 Å². The predicted octanol–water partition coefficient (Wildman–Crippen LogP) is 4.47. The molecule has 2 aromatic heterocycles. The maximum Gasteiger partial charge on any atom is 0.435 e. The van der Waals surface area contributed by atoms with Gasteiger partial charge in [0, 0.05) is 56.3 Å². The van der Waals surface area contributed by atoms with Crippen LogP contribution in [0.25, 0.3) is 21.8 Å². The first kappa shape index (κ1) is 20.9. The van der Waals surface area contributed by atoms with Gasteiger partial charge in [0.1, 0.15) is 0 Å². The fraction of sp³-hybridized carbons (Fsp3) is 0.476. The van der Waals surface area contributed by atoms with E-state index in [9.17, 15) is 17.6 Å². The number of ether oxygens (including phenoxy) is 2. The van der Waals surface area contributed by atoms with Crippen molar-refractivity contribution in [1.29, 1.82) is 0 Å². The van der Waals surface area contributed by atoms with Gasteiger partial charge in [-0.2, -0.15) is 13.2 Å². The van der Waals surface area contributed by atoms with Crippen molar-refractivity contribution in [3.63, 3.8) is 0 Å². The number of pyridine rings is 1. The molecule has 0 aliphatic carbocycles. The number of piperidine rings is 1. The molecule has 1 saturated heterocycles. The zero-order valence-electron chi connectivity index (χ0n) is 16.8. The first-order valence-corrected chi connectivity index (χ1v) is 9.80. The van der Waals surface area contributed by atoms with E-state index in [1.165, 1.54) is 25.3 Å². The van der Waals surface area contributed by atoms with E-state index in [4.69, 9.17) is 9.47 Å². The lowest BCUT2D eigenvalue weighted by atomic mass is 10.1. The van der Waals surface area contributed by atoms with Crippen LogP contribution >= 0.6 is 0 Å². The van der Waals surface area contributed by atoms with Gasteiger partial charge in [0.2, 0.25) is 0 Å². The molecule has 1 fully saturated rings. The number of benzene rings is 1. The molecule has 0 radical (unpaired) electrons. The van der Waals surface area contributed by atoms with Crippen molar-refractivity contribution in [2.75, 3.05) is 33.9 Å².